The summed E-state index contributed by atoms with van der Waals surface area (Å²) in [7, 11) is 0. The van der Waals surface area contributed by atoms with Gasteiger partial charge in [0.15, 0.2) is 0 Å². The average molecular weight is 261 g/mol. The smallest absolute Gasteiger partial charge is 0.132 e. The minimum Gasteiger partial charge on any atom is -0.377 e. The number of aromatic nitrogens is 1. The lowest BCUT2D eigenvalue weighted by atomic mass is 10.1. The van der Waals surface area contributed by atoms with Gasteiger partial charge in [0.1, 0.15) is 5.15 Å². The standard InChI is InChI=1S/C15H17ClN2/c1-10-4-6-13(7-5-10)12(3)18-14-8-11(2)15(16)17-9-14/h4-9,12,18H,1-3H3. The first-order valence-electron chi connectivity index (χ1n) is 6.01. The van der Waals surface area contributed by atoms with Crippen LogP contribution in [0.15, 0.2) is 36.5 Å². The van der Waals surface area contributed by atoms with E-state index in [1.54, 1.807) is 6.20 Å². The lowest BCUT2D eigenvalue weighted by Gasteiger charge is -2.16. The van der Waals surface area contributed by atoms with Crippen molar-refractivity contribution in [3.8, 4) is 0 Å². The molecular weight excluding hydrogens is 244 g/mol. The van der Waals surface area contributed by atoms with Crippen molar-refractivity contribution in [3.05, 3.63) is 58.4 Å². The predicted octanol–water partition coefficient (Wildman–Crippen LogP) is 4.52. The Balaban J connectivity index is 2.13. The van der Waals surface area contributed by atoms with Crippen molar-refractivity contribution in [1.82, 2.24) is 4.98 Å². The molecule has 0 radical (unpaired) electrons. The highest BCUT2D eigenvalue weighted by Crippen LogP contribution is 2.21. The third-order valence-electron chi connectivity index (χ3n) is 2.97. The van der Waals surface area contributed by atoms with Gasteiger partial charge in [-0.1, -0.05) is 41.4 Å². The maximum atomic E-state index is 5.91. The topological polar surface area (TPSA) is 24.9 Å². The molecule has 0 saturated carbocycles. The molecule has 18 heavy (non-hydrogen) atoms. The lowest BCUT2D eigenvalue weighted by molar-refractivity contribution is 0.881. The number of nitrogens with zero attached hydrogens (tertiary/aromatic N) is 1. The number of hydrogen-bond acceptors (Lipinski definition) is 2. The SMILES string of the molecule is Cc1ccc(C(C)Nc2cnc(Cl)c(C)c2)cc1. The fourth-order valence-electron chi connectivity index (χ4n) is 1.83. The van der Waals surface area contributed by atoms with E-state index < -0.39 is 0 Å². The van der Waals surface area contributed by atoms with E-state index >= 15 is 0 Å². The lowest BCUT2D eigenvalue weighted by Crippen LogP contribution is -2.07. The Morgan fingerprint density at radius 3 is 2.44 bits per heavy atom. The minimum atomic E-state index is 0.243. The highest BCUT2D eigenvalue weighted by Gasteiger charge is 2.06. The van der Waals surface area contributed by atoms with E-state index in [0.717, 1.165) is 11.3 Å². The number of nitrogens with one attached hydrogen (secondary N) is 1. The molecule has 0 spiro atoms. The zero-order chi connectivity index (χ0) is 13.1. The van der Waals surface area contributed by atoms with Gasteiger partial charge in [0.2, 0.25) is 0 Å². The molecule has 2 rings (SSSR count). The zero-order valence-electron chi connectivity index (χ0n) is 10.9. The van der Waals surface area contributed by atoms with Crippen LogP contribution >= 0.6 is 11.6 Å². The van der Waals surface area contributed by atoms with Crippen LogP contribution in [-0.4, -0.2) is 4.98 Å². The molecule has 1 atom stereocenters. The molecule has 0 aliphatic carbocycles. The van der Waals surface area contributed by atoms with Gasteiger partial charge in [0.25, 0.3) is 0 Å². The Kier molecular flexibility index (Phi) is 3.87. The second kappa shape index (κ2) is 5.40. The van der Waals surface area contributed by atoms with E-state index in [4.69, 9.17) is 11.6 Å². The largest absolute Gasteiger partial charge is 0.377 e. The van der Waals surface area contributed by atoms with E-state index in [1.165, 1.54) is 11.1 Å². The molecule has 1 heterocycles. The quantitative estimate of drug-likeness (QED) is 0.821. The van der Waals surface area contributed by atoms with Gasteiger partial charge in [-0.15, -0.1) is 0 Å². The molecule has 94 valence electrons. The maximum absolute atomic E-state index is 5.91. The molecular formula is C15H17ClN2. The van der Waals surface area contributed by atoms with Gasteiger partial charge in [0, 0.05) is 6.04 Å². The Hall–Kier alpha value is -1.54. The van der Waals surface area contributed by atoms with Crippen molar-refractivity contribution in [3.63, 3.8) is 0 Å². The van der Waals surface area contributed by atoms with Gasteiger partial charge in [-0.2, -0.15) is 0 Å². The van der Waals surface area contributed by atoms with Gasteiger partial charge in [-0.25, -0.2) is 4.98 Å². The first kappa shape index (κ1) is 12.9. The van der Waals surface area contributed by atoms with E-state index in [9.17, 15) is 0 Å². The fourth-order valence-corrected chi connectivity index (χ4v) is 1.93. The summed E-state index contributed by atoms with van der Waals surface area (Å²) in [6, 6.07) is 10.8. The van der Waals surface area contributed by atoms with Crippen LogP contribution in [0.1, 0.15) is 29.7 Å². The number of rotatable bonds is 3. The normalized spacial score (nSPS) is 12.2. The molecule has 1 N–H and O–H groups in total. The Labute approximate surface area is 113 Å². The van der Waals surface area contributed by atoms with E-state index in [2.05, 4.69) is 48.4 Å². The molecule has 1 aromatic heterocycles. The van der Waals surface area contributed by atoms with Crippen LogP contribution in [0, 0.1) is 13.8 Å². The monoisotopic (exact) mass is 260 g/mol. The molecule has 0 saturated heterocycles. The number of aryl methyl sites for hydroxylation is 2. The highest BCUT2D eigenvalue weighted by atomic mass is 35.5. The van der Waals surface area contributed by atoms with Crippen molar-refractivity contribution >= 4 is 17.3 Å². The zero-order valence-corrected chi connectivity index (χ0v) is 11.6. The summed E-state index contributed by atoms with van der Waals surface area (Å²) in [4.78, 5) is 4.14. The van der Waals surface area contributed by atoms with Gasteiger partial charge >= 0.3 is 0 Å². The molecule has 2 aromatic rings. The van der Waals surface area contributed by atoms with E-state index in [-0.39, 0.29) is 6.04 Å². The van der Waals surface area contributed by atoms with Crippen LogP contribution in [0.3, 0.4) is 0 Å². The number of halogens is 1. The van der Waals surface area contributed by atoms with Crippen molar-refractivity contribution in [2.45, 2.75) is 26.8 Å². The van der Waals surface area contributed by atoms with Crippen molar-refractivity contribution in [1.29, 1.82) is 0 Å². The Morgan fingerprint density at radius 2 is 1.83 bits per heavy atom. The molecule has 0 fully saturated rings. The van der Waals surface area contributed by atoms with Crippen LogP contribution in [0.5, 0.6) is 0 Å². The second-order valence-corrected chi connectivity index (χ2v) is 4.97. The summed E-state index contributed by atoms with van der Waals surface area (Å²) in [5, 5.41) is 3.98. The highest BCUT2D eigenvalue weighted by molar-refractivity contribution is 6.30. The third kappa shape index (κ3) is 3.02. The first-order chi connectivity index (χ1) is 8.56. The van der Waals surface area contributed by atoms with Gasteiger partial charge in [0.05, 0.1) is 11.9 Å². The molecule has 0 bridgehead atoms. The van der Waals surface area contributed by atoms with Gasteiger partial charge in [-0.3, -0.25) is 0 Å². The Morgan fingerprint density at radius 1 is 1.17 bits per heavy atom. The molecule has 0 aliphatic rings. The second-order valence-electron chi connectivity index (χ2n) is 4.61. The van der Waals surface area contributed by atoms with Crippen LogP contribution < -0.4 is 5.32 Å². The molecule has 0 amide bonds. The van der Waals surface area contributed by atoms with Gasteiger partial charge in [-0.05, 0) is 38.0 Å². The van der Waals surface area contributed by atoms with E-state index in [0.29, 0.717) is 5.15 Å². The number of anilines is 1. The van der Waals surface area contributed by atoms with Crippen LogP contribution in [0.2, 0.25) is 5.15 Å². The summed E-state index contributed by atoms with van der Waals surface area (Å²) in [5.74, 6) is 0. The maximum Gasteiger partial charge on any atom is 0.132 e. The minimum absolute atomic E-state index is 0.243. The summed E-state index contributed by atoms with van der Waals surface area (Å²) < 4.78 is 0. The van der Waals surface area contributed by atoms with Crippen LogP contribution in [0.25, 0.3) is 0 Å². The van der Waals surface area contributed by atoms with Crippen molar-refractivity contribution in [2.24, 2.45) is 0 Å². The molecule has 1 unspecified atom stereocenters. The first-order valence-corrected chi connectivity index (χ1v) is 6.39. The van der Waals surface area contributed by atoms with Crippen molar-refractivity contribution < 1.29 is 0 Å². The molecule has 3 heteroatoms. The number of hydrogen-bond donors (Lipinski definition) is 1. The summed E-state index contributed by atoms with van der Waals surface area (Å²) >= 11 is 5.91. The summed E-state index contributed by atoms with van der Waals surface area (Å²) in [5.41, 5.74) is 4.51. The summed E-state index contributed by atoms with van der Waals surface area (Å²) in [6.45, 7) is 6.18. The average Bonchev–Trinajstić information content (AvgIpc) is 2.34. The predicted molar refractivity (Wildman–Crippen MR) is 77.2 cm³/mol. The number of benzene rings is 1. The van der Waals surface area contributed by atoms with Gasteiger partial charge < -0.3 is 5.32 Å². The van der Waals surface area contributed by atoms with Crippen molar-refractivity contribution in [2.75, 3.05) is 5.32 Å². The summed E-state index contributed by atoms with van der Waals surface area (Å²) in [6.07, 6.45) is 1.76. The third-order valence-corrected chi connectivity index (χ3v) is 3.37. The van der Waals surface area contributed by atoms with Crippen LogP contribution in [-0.2, 0) is 0 Å². The molecule has 0 aliphatic heterocycles. The molecule has 2 nitrogen and oxygen atoms in total. The fraction of sp³-hybridized carbons (Fsp3) is 0.267. The number of pyridine rings is 1. The van der Waals surface area contributed by atoms with E-state index in [1.807, 2.05) is 13.0 Å². The van der Waals surface area contributed by atoms with Crippen LogP contribution in [0.4, 0.5) is 5.69 Å². The Bertz CT molecular complexity index is 535. The molecule has 1 aromatic carbocycles.